The number of amides is 1. The zero-order valence-corrected chi connectivity index (χ0v) is 9.17. The number of hydrogen-bond donors (Lipinski definition) is 1. The van der Waals surface area contributed by atoms with E-state index in [2.05, 4.69) is 21.2 Å². The molecular formula is C10H10ClN3O. The molecule has 1 aromatic heterocycles. The minimum absolute atomic E-state index is 0.0495. The summed E-state index contributed by atoms with van der Waals surface area (Å²) in [6, 6.07) is 1.20. The first-order valence-corrected chi connectivity index (χ1v) is 4.69. The summed E-state index contributed by atoms with van der Waals surface area (Å²) in [7, 11) is 0. The maximum Gasteiger partial charge on any atom is 0.271 e. The van der Waals surface area contributed by atoms with Crippen LogP contribution in [0.1, 0.15) is 23.1 Å². The Balaban J connectivity index is 2.88. The smallest absolute Gasteiger partial charge is 0.271 e. The van der Waals surface area contributed by atoms with E-state index in [-0.39, 0.29) is 22.9 Å². The summed E-state index contributed by atoms with van der Waals surface area (Å²) in [5.74, 6) is 2.03. The number of aromatic nitrogens is 2. The van der Waals surface area contributed by atoms with E-state index in [0.717, 1.165) is 0 Å². The highest BCUT2D eigenvalue weighted by Crippen LogP contribution is 2.05. The summed E-state index contributed by atoms with van der Waals surface area (Å²) in [6.07, 6.45) is 5.13. The second-order valence-electron chi connectivity index (χ2n) is 3.03. The molecule has 0 radical (unpaired) electrons. The van der Waals surface area contributed by atoms with Crippen LogP contribution < -0.4 is 5.32 Å². The van der Waals surface area contributed by atoms with Gasteiger partial charge < -0.3 is 5.32 Å². The van der Waals surface area contributed by atoms with Gasteiger partial charge in [-0.3, -0.25) is 4.79 Å². The fraction of sp³-hybridized carbons (Fsp3) is 0.300. The third kappa shape index (κ3) is 3.22. The van der Waals surface area contributed by atoms with Gasteiger partial charge >= 0.3 is 0 Å². The van der Waals surface area contributed by atoms with Crippen molar-refractivity contribution in [3.63, 3.8) is 0 Å². The number of hydrogen-bond acceptors (Lipinski definition) is 3. The number of carbonyl (C=O) groups excluding carboxylic acids is 1. The Labute approximate surface area is 93.1 Å². The van der Waals surface area contributed by atoms with Gasteiger partial charge in [-0.2, -0.15) is 0 Å². The van der Waals surface area contributed by atoms with Crippen LogP contribution in [0.4, 0.5) is 0 Å². The first-order chi connectivity index (χ1) is 7.02. The number of carbonyl (C=O) groups is 1. The van der Waals surface area contributed by atoms with E-state index in [4.69, 9.17) is 18.0 Å². The topological polar surface area (TPSA) is 54.9 Å². The Hall–Kier alpha value is -1.60. The highest BCUT2D eigenvalue weighted by atomic mass is 35.5. The summed E-state index contributed by atoms with van der Waals surface area (Å²) < 4.78 is 0. The van der Waals surface area contributed by atoms with Crippen molar-refractivity contribution in [2.45, 2.75) is 19.9 Å². The molecule has 78 valence electrons. The van der Waals surface area contributed by atoms with Crippen LogP contribution in [-0.4, -0.2) is 21.9 Å². The lowest BCUT2D eigenvalue weighted by molar-refractivity contribution is 0.0943. The average molecular weight is 224 g/mol. The molecular weight excluding hydrogens is 214 g/mol. The zero-order chi connectivity index (χ0) is 11.4. The van der Waals surface area contributed by atoms with Crippen molar-refractivity contribution in [1.82, 2.24) is 15.3 Å². The highest BCUT2D eigenvalue weighted by Gasteiger charge is 2.11. The van der Waals surface area contributed by atoms with Crippen molar-refractivity contribution >= 4 is 17.5 Å². The van der Waals surface area contributed by atoms with Gasteiger partial charge in [-0.1, -0.05) is 5.92 Å². The molecule has 5 heteroatoms. The number of aryl methyl sites for hydroxylation is 1. The van der Waals surface area contributed by atoms with Crippen LogP contribution in [0, 0.1) is 19.3 Å². The van der Waals surface area contributed by atoms with Gasteiger partial charge in [0.2, 0.25) is 5.28 Å². The van der Waals surface area contributed by atoms with Gasteiger partial charge in [0.15, 0.2) is 0 Å². The van der Waals surface area contributed by atoms with Crippen molar-refractivity contribution < 1.29 is 4.79 Å². The van der Waals surface area contributed by atoms with Gasteiger partial charge in [0.1, 0.15) is 5.69 Å². The van der Waals surface area contributed by atoms with E-state index < -0.39 is 0 Å². The fourth-order valence-electron chi connectivity index (χ4n) is 0.961. The van der Waals surface area contributed by atoms with E-state index in [1.165, 1.54) is 0 Å². The summed E-state index contributed by atoms with van der Waals surface area (Å²) in [5, 5.41) is 2.63. The lowest BCUT2D eigenvalue weighted by Gasteiger charge is -2.07. The predicted octanol–water partition coefficient (Wildman–Crippen LogP) is 1.19. The first kappa shape index (κ1) is 11.5. The molecule has 0 saturated heterocycles. The van der Waals surface area contributed by atoms with Crippen LogP contribution in [0.2, 0.25) is 5.28 Å². The van der Waals surface area contributed by atoms with Crippen LogP contribution in [0.15, 0.2) is 6.07 Å². The number of halogens is 1. The first-order valence-electron chi connectivity index (χ1n) is 4.31. The molecule has 15 heavy (non-hydrogen) atoms. The normalized spacial score (nSPS) is 11.6. The summed E-state index contributed by atoms with van der Waals surface area (Å²) in [5.41, 5.74) is 0.850. The Morgan fingerprint density at radius 3 is 2.87 bits per heavy atom. The minimum Gasteiger partial charge on any atom is -0.337 e. The quantitative estimate of drug-likeness (QED) is 0.605. The summed E-state index contributed by atoms with van der Waals surface area (Å²) in [6.45, 7) is 3.43. The third-order valence-corrected chi connectivity index (χ3v) is 1.83. The predicted molar refractivity (Wildman–Crippen MR) is 57.5 cm³/mol. The molecule has 0 aliphatic rings. The monoisotopic (exact) mass is 223 g/mol. The number of nitrogens with one attached hydrogen (secondary N) is 1. The molecule has 0 fully saturated rings. The molecule has 1 aromatic rings. The van der Waals surface area contributed by atoms with Gasteiger partial charge in [-0.15, -0.1) is 6.42 Å². The Morgan fingerprint density at radius 2 is 2.33 bits per heavy atom. The van der Waals surface area contributed by atoms with Crippen LogP contribution in [0.25, 0.3) is 0 Å². The van der Waals surface area contributed by atoms with Crippen LogP contribution in [0.3, 0.4) is 0 Å². The molecule has 1 amide bonds. The SMILES string of the molecule is C#CC(C)NC(=O)c1cc(C)nc(Cl)n1. The lowest BCUT2D eigenvalue weighted by atomic mass is 10.3. The van der Waals surface area contributed by atoms with E-state index >= 15 is 0 Å². The van der Waals surface area contributed by atoms with Gasteiger partial charge in [-0.05, 0) is 31.5 Å². The standard InChI is InChI=1S/C10H10ClN3O/c1-4-6(2)12-9(15)8-5-7(3)13-10(11)14-8/h1,5-6H,2-3H3,(H,12,15). The third-order valence-electron chi connectivity index (χ3n) is 1.66. The van der Waals surface area contributed by atoms with E-state index in [1.807, 2.05) is 0 Å². The lowest BCUT2D eigenvalue weighted by Crippen LogP contribution is -2.32. The molecule has 0 spiro atoms. The zero-order valence-electron chi connectivity index (χ0n) is 8.41. The van der Waals surface area contributed by atoms with Gasteiger partial charge in [0, 0.05) is 5.69 Å². The maximum atomic E-state index is 11.6. The van der Waals surface area contributed by atoms with Crippen molar-refractivity contribution in [2.24, 2.45) is 0 Å². The molecule has 0 bridgehead atoms. The molecule has 0 aromatic carbocycles. The van der Waals surface area contributed by atoms with Crippen molar-refractivity contribution in [2.75, 3.05) is 0 Å². The highest BCUT2D eigenvalue weighted by molar-refractivity contribution is 6.28. The van der Waals surface area contributed by atoms with Crippen LogP contribution in [0.5, 0.6) is 0 Å². The van der Waals surface area contributed by atoms with E-state index in [0.29, 0.717) is 5.69 Å². The summed E-state index contributed by atoms with van der Waals surface area (Å²) >= 11 is 5.62. The minimum atomic E-state index is -0.354. The van der Waals surface area contributed by atoms with Gasteiger partial charge in [0.05, 0.1) is 6.04 Å². The van der Waals surface area contributed by atoms with Crippen molar-refractivity contribution in [3.8, 4) is 12.3 Å². The maximum absolute atomic E-state index is 11.6. The molecule has 4 nitrogen and oxygen atoms in total. The fourth-order valence-corrected chi connectivity index (χ4v) is 1.19. The largest absolute Gasteiger partial charge is 0.337 e. The second-order valence-corrected chi connectivity index (χ2v) is 3.36. The molecule has 1 rings (SSSR count). The average Bonchev–Trinajstić information content (AvgIpc) is 2.16. The Bertz CT molecular complexity index is 405. The van der Waals surface area contributed by atoms with Crippen molar-refractivity contribution in [3.05, 3.63) is 22.7 Å². The molecule has 1 N–H and O–H groups in total. The van der Waals surface area contributed by atoms with Crippen LogP contribution >= 0.6 is 11.6 Å². The number of rotatable bonds is 2. The Kier molecular flexibility index (Phi) is 3.64. The Morgan fingerprint density at radius 1 is 1.67 bits per heavy atom. The molecule has 0 aliphatic carbocycles. The van der Waals surface area contributed by atoms with Crippen molar-refractivity contribution in [1.29, 1.82) is 0 Å². The molecule has 0 aliphatic heterocycles. The second kappa shape index (κ2) is 4.76. The number of nitrogens with zero attached hydrogens (tertiary/aromatic N) is 2. The molecule has 1 heterocycles. The van der Waals surface area contributed by atoms with E-state index in [1.54, 1.807) is 19.9 Å². The summed E-state index contributed by atoms with van der Waals surface area (Å²) in [4.78, 5) is 19.2. The number of terminal acetylenes is 1. The molecule has 1 atom stereocenters. The molecule has 0 saturated carbocycles. The molecule has 1 unspecified atom stereocenters. The van der Waals surface area contributed by atoms with Gasteiger partial charge in [-0.25, -0.2) is 9.97 Å². The van der Waals surface area contributed by atoms with Gasteiger partial charge in [0.25, 0.3) is 5.91 Å². The van der Waals surface area contributed by atoms with Crippen LogP contribution in [-0.2, 0) is 0 Å². The van der Waals surface area contributed by atoms with E-state index in [9.17, 15) is 4.79 Å².